The first-order chi connectivity index (χ1) is 14.8. The van der Waals surface area contributed by atoms with E-state index in [0.29, 0.717) is 17.8 Å². The number of halogens is 3. The summed E-state index contributed by atoms with van der Waals surface area (Å²) >= 11 is 0. The highest BCUT2D eigenvalue weighted by molar-refractivity contribution is 6.08. The summed E-state index contributed by atoms with van der Waals surface area (Å²) in [6.45, 7) is 2.46. The second kappa shape index (κ2) is 7.22. The lowest BCUT2D eigenvalue weighted by molar-refractivity contribution is -0.140. The molecule has 4 heterocycles. The maximum absolute atomic E-state index is 13.2. The normalized spacial score (nSPS) is 19.7. The number of carbonyl (C=O) groups is 1. The summed E-state index contributed by atoms with van der Waals surface area (Å²) in [4.78, 5) is 19.6. The summed E-state index contributed by atoms with van der Waals surface area (Å²) in [5, 5.41) is 13.4. The van der Waals surface area contributed by atoms with Crippen LogP contribution < -0.4 is 15.5 Å². The maximum Gasteiger partial charge on any atom is 0.437 e. The molecule has 0 spiro atoms. The van der Waals surface area contributed by atoms with Gasteiger partial charge in [0.25, 0.3) is 5.91 Å². The first-order valence-corrected chi connectivity index (χ1v) is 10.0. The summed E-state index contributed by atoms with van der Waals surface area (Å²) in [6.07, 6.45) is 1.91. The quantitative estimate of drug-likeness (QED) is 0.652. The van der Waals surface area contributed by atoms with Crippen LogP contribution in [0.5, 0.6) is 0 Å². The van der Waals surface area contributed by atoms with Gasteiger partial charge in [0.2, 0.25) is 0 Å². The summed E-state index contributed by atoms with van der Waals surface area (Å²) in [6, 6.07) is 2.26. The van der Waals surface area contributed by atoms with Crippen LogP contribution in [-0.4, -0.2) is 56.0 Å². The van der Waals surface area contributed by atoms with Crippen LogP contribution in [0.3, 0.4) is 0 Å². The number of fused-ring (bicyclic) bond motifs is 1. The van der Waals surface area contributed by atoms with Gasteiger partial charge in [-0.05, 0) is 24.8 Å². The molecule has 2 aliphatic rings. The van der Waals surface area contributed by atoms with E-state index in [2.05, 4.69) is 30.7 Å². The third-order valence-electron chi connectivity index (χ3n) is 5.66. The number of amides is 1. The number of nitrogens with one attached hydrogen (secondary N) is 2. The molecule has 1 saturated carbocycles. The van der Waals surface area contributed by atoms with E-state index >= 15 is 0 Å². The molecule has 0 radical (unpaired) electrons. The number of piperazine rings is 1. The molecular formula is C19H21F3N8O. The molecule has 1 aliphatic carbocycles. The highest BCUT2D eigenvalue weighted by Crippen LogP contribution is 2.35. The topological polar surface area (TPSA) is 92.4 Å². The van der Waals surface area contributed by atoms with Crippen molar-refractivity contribution < 1.29 is 18.0 Å². The molecule has 3 aromatic heterocycles. The molecule has 2 fully saturated rings. The molecular weight excluding hydrogens is 413 g/mol. The number of alkyl halides is 3. The lowest BCUT2D eigenvalue weighted by Gasteiger charge is -2.34. The van der Waals surface area contributed by atoms with Gasteiger partial charge in [-0.1, -0.05) is 0 Å². The monoisotopic (exact) mass is 434 g/mol. The van der Waals surface area contributed by atoms with E-state index in [-0.39, 0.29) is 11.2 Å². The highest BCUT2D eigenvalue weighted by atomic mass is 19.4. The third-order valence-corrected chi connectivity index (χ3v) is 5.66. The molecule has 12 heteroatoms. The Morgan fingerprint density at radius 1 is 1.32 bits per heavy atom. The number of carbonyl (C=O) groups excluding carboxylic acids is 1. The first-order valence-electron chi connectivity index (χ1n) is 10.0. The number of hydrogen-bond donors (Lipinski definition) is 2. The molecule has 0 bridgehead atoms. The lowest BCUT2D eigenvalue weighted by atomic mass is 10.1. The smallest absolute Gasteiger partial charge is 0.354 e. The van der Waals surface area contributed by atoms with Gasteiger partial charge in [0.1, 0.15) is 11.4 Å². The van der Waals surface area contributed by atoms with Crippen molar-refractivity contribution in [3.8, 4) is 0 Å². The van der Waals surface area contributed by atoms with Gasteiger partial charge in [-0.25, -0.2) is 9.50 Å². The van der Waals surface area contributed by atoms with Gasteiger partial charge in [0.15, 0.2) is 11.3 Å². The highest BCUT2D eigenvalue weighted by Gasteiger charge is 2.38. The summed E-state index contributed by atoms with van der Waals surface area (Å²) in [5.41, 5.74) is -1.19. The molecule has 1 amide bonds. The Balaban J connectivity index is 1.41. The average Bonchev–Trinajstić information content (AvgIpc) is 3.39. The zero-order valence-electron chi connectivity index (χ0n) is 16.7. The summed E-state index contributed by atoms with van der Waals surface area (Å²) in [5.74, 6) is 0.686. The van der Waals surface area contributed by atoms with E-state index in [9.17, 15) is 18.0 Å². The van der Waals surface area contributed by atoms with Crippen LogP contribution in [0.25, 0.3) is 5.65 Å². The van der Waals surface area contributed by atoms with Gasteiger partial charge in [0.05, 0.1) is 11.9 Å². The number of anilines is 2. The molecule has 3 aromatic rings. The largest absolute Gasteiger partial charge is 0.437 e. The van der Waals surface area contributed by atoms with Crippen molar-refractivity contribution in [2.75, 3.05) is 29.9 Å². The summed E-state index contributed by atoms with van der Waals surface area (Å²) < 4.78 is 42.0. The number of nitrogens with zero attached hydrogens (tertiary/aromatic N) is 6. The Morgan fingerprint density at radius 3 is 2.87 bits per heavy atom. The maximum atomic E-state index is 13.2. The number of aromatic nitrogens is 5. The average molecular weight is 434 g/mol. The summed E-state index contributed by atoms with van der Waals surface area (Å²) in [7, 11) is 1.36. The van der Waals surface area contributed by atoms with E-state index in [1.54, 1.807) is 6.20 Å². The van der Waals surface area contributed by atoms with Crippen molar-refractivity contribution in [2.24, 2.45) is 13.0 Å². The Morgan fingerprint density at radius 2 is 2.13 bits per heavy atom. The van der Waals surface area contributed by atoms with Crippen molar-refractivity contribution in [3.05, 3.63) is 35.9 Å². The van der Waals surface area contributed by atoms with Gasteiger partial charge in [-0.15, -0.1) is 0 Å². The zero-order chi connectivity index (χ0) is 21.8. The molecule has 9 nitrogen and oxygen atoms in total. The second-order valence-corrected chi connectivity index (χ2v) is 7.97. The van der Waals surface area contributed by atoms with Gasteiger partial charge in [-0.3, -0.25) is 9.48 Å². The molecule has 5 rings (SSSR count). The lowest BCUT2D eigenvalue weighted by Crippen LogP contribution is -2.52. The minimum Gasteiger partial charge on any atom is -0.354 e. The minimum absolute atomic E-state index is 0.0905. The molecule has 164 valence electrons. The first kappa shape index (κ1) is 19.8. The fourth-order valence-corrected chi connectivity index (χ4v) is 3.98. The van der Waals surface area contributed by atoms with Crippen LogP contribution in [-0.2, 0) is 13.2 Å². The van der Waals surface area contributed by atoms with Crippen LogP contribution in [0.1, 0.15) is 28.9 Å². The van der Waals surface area contributed by atoms with Gasteiger partial charge >= 0.3 is 6.18 Å². The Kier molecular flexibility index (Phi) is 4.61. The molecule has 2 N–H and O–H groups in total. The minimum atomic E-state index is -4.68. The fourth-order valence-electron chi connectivity index (χ4n) is 3.98. The van der Waals surface area contributed by atoms with Crippen molar-refractivity contribution >= 4 is 23.1 Å². The van der Waals surface area contributed by atoms with Crippen molar-refractivity contribution in [1.29, 1.82) is 0 Å². The number of hydrogen-bond acceptors (Lipinski definition) is 6. The van der Waals surface area contributed by atoms with Gasteiger partial charge in [-0.2, -0.15) is 23.4 Å². The molecule has 1 atom stereocenters. The molecule has 1 unspecified atom stereocenters. The predicted molar refractivity (Wildman–Crippen MR) is 106 cm³/mol. The molecule has 1 saturated heterocycles. The second-order valence-electron chi connectivity index (χ2n) is 7.97. The third kappa shape index (κ3) is 3.82. The molecule has 31 heavy (non-hydrogen) atoms. The number of aryl methyl sites for hydroxylation is 1. The van der Waals surface area contributed by atoms with E-state index in [4.69, 9.17) is 0 Å². The van der Waals surface area contributed by atoms with E-state index < -0.39 is 23.5 Å². The van der Waals surface area contributed by atoms with Crippen LogP contribution in [0.2, 0.25) is 0 Å². The Hall–Kier alpha value is -3.15. The fraction of sp³-hybridized carbons (Fsp3) is 0.474. The predicted octanol–water partition coefficient (Wildman–Crippen LogP) is 1.92. The van der Waals surface area contributed by atoms with Gasteiger partial charge in [0, 0.05) is 45.1 Å². The molecule has 1 aliphatic heterocycles. The van der Waals surface area contributed by atoms with Crippen LogP contribution in [0.15, 0.2) is 24.7 Å². The van der Waals surface area contributed by atoms with Gasteiger partial charge < -0.3 is 15.5 Å². The SMILES string of the molecule is Cn1cc(NC(=O)c2cnn3ccc(N4CCNC(C5CC5)C4)nc23)c(C(F)(F)F)n1. The van der Waals surface area contributed by atoms with E-state index in [1.165, 1.54) is 30.6 Å². The van der Waals surface area contributed by atoms with Crippen molar-refractivity contribution in [1.82, 2.24) is 29.7 Å². The Bertz CT molecular complexity index is 1130. The Labute approximate surface area is 175 Å². The van der Waals surface area contributed by atoms with Crippen molar-refractivity contribution in [3.63, 3.8) is 0 Å². The molecule has 0 aromatic carbocycles. The van der Waals surface area contributed by atoms with Crippen LogP contribution in [0.4, 0.5) is 24.7 Å². The standard InChI is InChI=1S/C19H21F3N8O/c1-28-9-14(16(27-28)19(20,21)22)25-18(31)12-8-24-30-6-4-15(26-17(12)30)29-7-5-23-13(10-29)11-2-3-11/h4,6,8-9,11,13,23H,2-3,5,7,10H2,1H3,(H,25,31). The van der Waals surface area contributed by atoms with Crippen LogP contribution >= 0.6 is 0 Å². The van der Waals surface area contributed by atoms with Crippen LogP contribution in [0, 0.1) is 5.92 Å². The van der Waals surface area contributed by atoms with E-state index in [0.717, 1.165) is 30.5 Å². The van der Waals surface area contributed by atoms with E-state index in [1.807, 2.05) is 6.07 Å². The zero-order valence-corrected chi connectivity index (χ0v) is 16.7. The van der Waals surface area contributed by atoms with Crippen molar-refractivity contribution in [2.45, 2.75) is 25.1 Å². The number of rotatable bonds is 4.